The van der Waals surface area contributed by atoms with Crippen molar-refractivity contribution in [1.29, 1.82) is 0 Å². The highest BCUT2D eigenvalue weighted by Crippen LogP contribution is 2.35. The van der Waals surface area contributed by atoms with Crippen LogP contribution in [0.4, 0.5) is 0 Å². The van der Waals surface area contributed by atoms with Gasteiger partial charge in [-0.1, -0.05) is 48.0 Å². The summed E-state index contributed by atoms with van der Waals surface area (Å²) in [5.41, 5.74) is 1.53. The zero-order valence-corrected chi connectivity index (χ0v) is 18.0. The van der Waals surface area contributed by atoms with Crippen molar-refractivity contribution in [2.24, 2.45) is 0 Å². The van der Waals surface area contributed by atoms with Gasteiger partial charge < -0.3 is 10.1 Å². The first-order valence-electron chi connectivity index (χ1n) is 9.22. The van der Waals surface area contributed by atoms with Crippen LogP contribution < -0.4 is 10.1 Å². The number of amides is 1. The second-order valence-corrected chi connectivity index (χ2v) is 9.07. The third-order valence-electron chi connectivity index (χ3n) is 4.59. The van der Waals surface area contributed by atoms with E-state index in [1.165, 1.54) is 0 Å². The number of ether oxygens (including phenoxy) is 1. The topological polar surface area (TPSA) is 75.7 Å². The maximum atomic E-state index is 13.1. The van der Waals surface area contributed by atoms with Crippen molar-refractivity contribution in [1.82, 2.24) is 9.62 Å². The summed E-state index contributed by atoms with van der Waals surface area (Å²) in [6.45, 7) is 3.74. The number of benzene rings is 2. The summed E-state index contributed by atoms with van der Waals surface area (Å²) < 4.78 is 32.2. The number of halogens is 1. The minimum Gasteiger partial charge on any atom is -0.495 e. The number of nitrogens with zero attached hydrogens (tertiary/aromatic N) is 1. The molecule has 2 aromatic rings. The molecule has 8 heteroatoms. The van der Waals surface area contributed by atoms with E-state index in [4.69, 9.17) is 16.3 Å². The third kappa shape index (κ3) is 4.11. The molecule has 29 heavy (non-hydrogen) atoms. The van der Waals surface area contributed by atoms with E-state index in [-0.39, 0.29) is 10.6 Å². The van der Waals surface area contributed by atoms with Gasteiger partial charge in [-0.3, -0.25) is 4.79 Å². The number of sulfonamides is 1. The molecule has 0 aromatic heterocycles. The molecule has 2 aromatic carbocycles. The van der Waals surface area contributed by atoms with Crippen LogP contribution in [0.15, 0.2) is 54.2 Å². The van der Waals surface area contributed by atoms with Crippen LogP contribution in [-0.4, -0.2) is 38.3 Å². The summed E-state index contributed by atoms with van der Waals surface area (Å²) in [7, 11) is -2.38. The molecule has 0 aliphatic carbocycles. The Balaban J connectivity index is 1.89. The van der Waals surface area contributed by atoms with E-state index in [0.717, 1.165) is 9.87 Å². The lowest BCUT2D eigenvalue weighted by atomic mass is 10.1. The molecule has 1 aliphatic heterocycles. The molecule has 154 valence electrons. The van der Waals surface area contributed by atoms with E-state index in [1.54, 1.807) is 63.4 Å². The van der Waals surface area contributed by atoms with Crippen LogP contribution in [0.3, 0.4) is 0 Å². The Morgan fingerprint density at radius 2 is 1.83 bits per heavy atom. The average Bonchev–Trinajstić information content (AvgIpc) is 2.87. The summed E-state index contributed by atoms with van der Waals surface area (Å²) in [5, 5.41) is 3.55. The number of rotatable bonds is 7. The second-order valence-electron chi connectivity index (χ2n) is 6.92. The van der Waals surface area contributed by atoms with E-state index < -0.39 is 22.0 Å². The molecule has 1 N–H and O–H groups in total. The fourth-order valence-corrected chi connectivity index (χ4v) is 5.48. The minimum atomic E-state index is -3.93. The Hall–Kier alpha value is -2.51. The molecule has 1 amide bonds. The van der Waals surface area contributed by atoms with Gasteiger partial charge >= 0.3 is 0 Å². The third-order valence-corrected chi connectivity index (χ3v) is 6.95. The van der Waals surface area contributed by atoms with Crippen molar-refractivity contribution in [2.45, 2.75) is 26.3 Å². The summed E-state index contributed by atoms with van der Waals surface area (Å²) >= 11 is 6.16. The van der Waals surface area contributed by atoms with Gasteiger partial charge in [0.1, 0.15) is 16.4 Å². The number of methoxy groups -OCH3 is 1. The smallest absolute Gasteiger partial charge is 0.285 e. The quantitative estimate of drug-likeness (QED) is 0.722. The lowest BCUT2D eigenvalue weighted by Gasteiger charge is -2.20. The molecule has 0 spiro atoms. The Kier molecular flexibility index (Phi) is 6.19. The van der Waals surface area contributed by atoms with E-state index >= 15 is 0 Å². The maximum Gasteiger partial charge on any atom is 0.285 e. The van der Waals surface area contributed by atoms with Gasteiger partial charge in [-0.25, -0.2) is 12.7 Å². The van der Waals surface area contributed by atoms with Crippen molar-refractivity contribution in [3.05, 3.63) is 70.4 Å². The van der Waals surface area contributed by atoms with Crippen molar-refractivity contribution >= 4 is 32.4 Å². The van der Waals surface area contributed by atoms with Crippen LogP contribution >= 0.6 is 11.6 Å². The number of nitrogens with one attached hydrogen (secondary N) is 1. The van der Waals surface area contributed by atoms with Gasteiger partial charge in [-0.05, 0) is 43.5 Å². The lowest BCUT2D eigenvalue weighted by molar-refractivity contribution is -0.123. The van der Waals surface area contributed by atoms with Crippen LogP contribution in [0.2, 0.25) is 5.02 Å². The second kappa shape index (κ2) is 8.47. The van der Waals surface area contributed by atoms with Gasteiger partial charge in [0.2, 0.25) is 0 Å². The molecular formula is C21H23ClN2O4S. The Bertz CT molecular complexity index is 1050. The molecule has 0 atom stereocenters. The molecule has 0 radical (unpaired) electrons. The number of hydrogen-bond acceptors (Lipinski definition) is 5. The monoisotopic (exact) mass is 434 g/mol. The molecule has 0 unspecified atom stereocenters. The Morgan fingerprint density at radius 3 is 2.41 bits per heavy atom. The highest BCUT2D eigenvalue weighted by Gasteiger charge is 2.45. The Morgan fingerprint density at radius 1 is 1.14 bits per heavy atom. The van der Waals surface area contributed by atoms with Gasteiger partial charge in [-0.15, -0.1) is 0 Å². The lowest BCUT2D eigenvalue weighted by Crippen LogP contribution is -2.39. The highest BCUT2D eigenvalue weighted by atomic mass is 35.5. The molecule has 0 bridgehead atoms. The zero-order valence-electron chi connectivity index (χ0n) is 16.5. The molecular weight excluding hydrogens is 412 g/mol. The van der Waals surface area contributed by atoms with E-state index in [2.05, 4.69) is 5.32 Å². The standard InChI is InChI=1S/C21H23ClN2O4S/c1-14(2)24-21(25)19(20(29(24,26)27)16-7-5-4-6-8-16)23-12-11-15-9-10-18(28-3)17(22)13-15/h4-10,13-14,23H,11-12H2,1-3H3. The fourth-order valence-electron chi connectivity index (χ4n) is 3.29. The maximum absolute atomic E-state index is 13.1. The largest absolute Gasteiger partial charge is 0.495 e. The number of carbonyl (C=O) groups excluding carboxylic acids is 1. The number of hydrogen-bond donors (Lipinski definition) is 1. The van der Waals surface area contributed by atoms with Crippen LogP contribution in [0.25, 0.3) is 4.91 Å². The SMILES string of the molecule is COc1ccc(CCNC2=C(c3ccccc3)S(=O)(=O)N(C(C)C)C2=O)cc1Cl. The van der Waals surface area contributed by atoms with Gasteiger partial charge in [0.05, 0.1) is 12.1 Å². The van der Waals surface area contributed by atoms with Crippen LogP contribution in [0.5, 0.6) is 5.75 Å². The molecule has 6 nitrogen and oxygen atoms in total. The summed E-state index contributed by atoms with van der Waals surface area (Å²) in [6.07, 6.45) is 0.560. The molecule has 0 saturated heterocycles. The molecule has 0 saturated carbocycles. The van der Waals surface area contributed by atoms with E-state index in [1.807, 2.05) is 6.07 Å². The van der Waals surface area contributed by atoms with Crippen LogP contribution in [0, 0.1) is 0 Å². The van der Waals surface area contributed by atoms with E-state index in [0.29, 0.717) is 29.3 Å². The van der Waals surface area contributed by atoms with Crippen LogP contribution in [-0.2, 0) is 21.2 Å². The van der Waals surface area contributed by atoms with Crippen molar-refractivity contribution in [2.75, 3.05) is 13.7 Å². The number of carbonyl (C=O) groups is 1. The van der Waals surface area contributed by atoms with Gasteiger partial charge in [0, 0.05) is 12.6 Å². The summed E-state index contributed by atoms with van der Waals surface area (Å²) in [6, 6.07) is 13.6. The normalized spacial score (nSPS) is 15.9. The molecule has 1 aliphatic rings. The highest BCUT2D eigenvalue weighted by molar-refractivity contribution is 7.99. The Labute approximate surface area is 176 Å². The van der Waals surface area contributed by atoms with Gasteiger partial charge in [0.25, 0.3) is 15.9 Å². The van der Waals surface area contributed by atoms with Gasteiger partial charge in [-0.2, -0.15) is 0 Å². The molecule has 1 heterocycles. The first kappa shape index (κ1) is 21.2. The minimum absolute atomic E-state index is 0.0181. The van der Waals surface area contributed by atoms with Crippen molar-refractivity contribution in [3.8, 4) is 5.75 Å². The molecule has 3 rings (SSSR count). The predicted octanol–water partition coefficient (Wildman–Crippen LogP) is 3.43. The van der Waals surface area contributed by atoms with Crippen LogP contribution in [0.1, 0.15) is 25.0 Å². The van der Waals surface area contributed by atoms with E-state index in [9.17, 15) is 13.2 Å². The average molecular weight is 435 g/mol. The first-order valence-corrected chi connectivity index (χ1v) is 11.0. The molecule has 0 fully saturated rings. The summed E-state index contributed by atoms with van der Waals surface area (Å²) in [5.74, 6) is 0.0497. The van der Waals surface area contributed by atoms with Gasteiger partial charge in [0.15, 0.2) is 0 Å². The zero-order chi connectivity index (χ0) is 21.2. The van der Waals surface area contributed by atoms with Crippen molar-refractivity contribution < 1.29 is 17.9 Å². The predicted molar refractivity (Wildman–Crippen MR) is 114 cm³/mol. The van der Waals surface area contributed by atoms with Crippen molar-refractivity contribution in [3.63, 3.8) is 0 Å². The fraction of sp³-hybridized carbons (Fsp3) is 0.286. The summed E-state index contributed by atoms with van der Waals surface area (Å²) in [4.78, 5) is 12.9. The first-order chi connectivity index (χ1) is 13.8.